The first-order chi connectivity index (χ1) is 8.49. The molecule has 94 valence electrons. The van der Waals surface area contributed by atoms with Gasteiger partial charge in [0.15, 0.2) is 5.76 Å². The Morgan fingerprint density at radius 3 is 2.67 bits per heavy atom. The number of nitrogens with two attached hydrogens (primary N) is 1. The number of nitrogen functional groups attached to an aromatic ring is 1. The molecule has 0 spiro atoms. The topological polar surface area (TPSA) is 68.3 Å². The van der Waals surface area contributed by atoms with Crippen molar-refractivity contribution in [3.63, 3.8) is 0 Å². The van der Waals surface area contributed by atoms with Gasteiger partial charge in [0.25, 0.3) is 5.91 Å². The van der Waals surface area contributed by atoms with Gasteiger partial charge in [-0.15, -0.1) is 0 Å². The molecule has 0 bridgehead atoms. The molecule has 0 fully saturated rings. The molecule has 2 aromatic rings. The van der Waals surface area contributed by atoms with Crippen LogP contribution in [0.3, 0.4) is 0 Å². The van der Waals surface area contributed by atoms with Crippen molar-refractivity contribution in [2.75, 3.05) is 11.1 Å². The highest BCUT2D eigenvalue weighted by molar-refractivity contribution is 6.37. The third kappa shape index (κ3) is 2.44. The second-order valence-electron chi connectivity index (χ2n) is 3.74. The molecule has 6 heteroatoms. The van der Waals surface area contributed by atoms with E-state index in [2.05, 4.69) is 5.32 Å². The zero-order chi connectivity index (χ0) is 13.3. The van der Waals surface area contributed by atoms with Crippen LogP contribution in [-0.2, 0) is 0 Å². The molecule has 18 heavy (non-hydrogen) atoms. The summed E-state index contributed by atoms with van der Waals surface area (Å²) >= 11 is 11.8. The zero-order valence-electron chi connectivity index (χ0n) is 9.46. The van der Waals surface area contributed by atoms with Crippen LogP contribution in [-0.4, -0.2) is 5.91 Å². The second kappa shape index (κ2) is 4.92. The first-order valence-corrected chi connectivity index (χ1v) is 5.84. The molecule has 0 saturated heterocycles. The Bertz CT molecular complexity index is 585. The summed E-state index contributed by atoms with van der Waals surface area (Å²) in [7, 11) is 0. The summed E-state index contributed by atoms with van der Waals surface area (Å²) in [5.41, 5.74) is 7.10. The van der Waals surface area contributed by atoms with Crippen LogP contribution < -0.4 is 11.1 Å². The van der Waals surface area contributed by atoms with E-state index < -0.39 is 5.91 Å². The minimum absolute atomic E-state index is 0.223. The number of hydrogen-bond donors (Lipinski definition) is 2. The number of benzene rings is 1. The minimum atomic E-state index is -0.409. The average molecular weight is 285 g/mol. The summed E-state index contributed by atoms with van der Waals surface area (Å²) in [5, 5.41) is 3.28. The SMILES string of the molecule is Cc1ccoc1C(=O)Nc1c(N)cc(Cl)cc1Cl. The lowest BCUT2D eigenvalue weighted by atomic mass is 10.2. The van der Waals surface area contributed by atoms with Crippen molar-refractivity contribution in [3.05, 3.63) is 45.8 Å². The van der Waals surface area contributed by atoms with Gasteiger partial charge in [0.2, 0.25) is 0 Å². The number of halogens is 2. The minimum Gasteiger partial charge on any atom is -0.459 e. The molecule has 0 unspecified atom stereocenters. The van der Waals surface area contributed by atoms with E-state index in [1.54, 1.807) is 13.0 Å². The van der Waals surface area contributed by atoms with Crippen molar-refractivity contribution >= 4 is 40.5 Å². The van der Waals surface area contributed by atoms with Crippen LogP contribution in [0.2, 0.25) is 10.0 Å². The lowest BCUT2D eigenvalue weighted by Crippen LogP contribution is -2.13. The van der Waals surface area contributed by atoms with Crippen LogP contribution in [0.25, 0.3) is 0 Å². The third-order valence-corrected chi connectivity index (χ3v) is 2.91. The molecule has 1 amide bonds. The van der Waals surface area contributed by atoms with Crippen LogP contribution in [0, 0.1) is 6.92 Å². The number of rotatable bonds is 2. The number of anilines is 2. The Balaban J connectivity index is 2.31. The molecule has 3 N–H and O–H groups in total. The highest BCUT2D eigenvalue weighted by atomic mass is 35.5. The van der Waals surface area contributed by atoms with Crippen molar-refractivity contribution in [2.24, 2.45) is 0 Å². The first-order valence-electron chi connectivity index (χ1n) is 5.09. The highest BCUT2D eigenvalue weighted by Gasteiger charge is 2.16. The molecule has 0 aliphatic heterocycles. The monoisotopic (exact) mass is 284 g/mol. The molecule has 0 aliphatic rings. The van der Waals surface area contributed by atoms with Gasteiger partial charge in [-0.3, -0.25) is 4.79 Å². The van der Waals surface area contributed by atoms with E-state index in [9.17, 15) is 4.79 Å². The largest absolute Gasteiger partial charge is 0.459 e. The molecule has 0 atom stereocenters. The normalized spacial score (nSPS) is 10.4. The predicted molar refractivity (Wildman–Crippen MR) is 72.3 cm³/mol. The van der Waals surface area contributed by atoms with Gasteiger partial charge in [-0.05, 0) is 25.1 Å². The number of amides is 1. The molecule has 0 aliphatic carbocycles. The Kier molecular flexibility index (Phi) is 3.50. The molecule has 1 aromatic carbocycles. The molecular weight excluding hydrogens is 275 g/mol. The van der Waals surface area contributed by atoms with Gasteiger partial charge in [0.05, 0.1) is 22.7 Å². The Morgan fingerprint density at radius 2 is 2.11 bits per heavy atom. The smallest absolute Gasteiger partial charge is 0.291 e. The Morgan fingerprint density at radius 1 is 1.39 bits per heavy atom. The van der Waals surface area contributed by atoms with Gasteiger partial charge < -0.3 is 15.5 Å². The predicted octanol–water partition coefficient (Wildman–Crippen LogP) is 3.73. The van der Waals surface area contributed by atoms with Crippen LogP contribution in [0.15, 0.2) is 28.9 Å². The van der Waals surface area contributed by atoms with Gasteiger partial charge in [-0.25, -0.2) is 0 Å². The van der Waals surface area contributed by atoms with E-state index in [1.807, 2.05) is 0 Å². The average Bonchev–Trinajstić information content (AvgIpc) is 2.69. The van der Waals surface area contributed by atoms with Crippen molar-refractivity contribution in [1.82, 2.24) is 0 Å². The fraction of sp³-hybridized carbons (Fsp3) is 0.0833. The maximum Gasteiger partial charge on any atom is 0.291 e. The molecule has 4 nitrogen and oxygen atoms in total. The fourth-order valence-corrected chi connectivity index (χ4v) is 2.06. The summed E-state index contributed by atoms with van der Waals surface area (Å²) < 4.78 is 5.08. The van der Waals surface area contributed by atoms with Crippen molar-refractivity contribution in [1.29, 1.82) is 0 Å². The van der Waals surface area contributed by atoms with Gasteiger partial charge in [0.1, 0.15) is 0 Å². The number of hydrogen-bond acceptors (Lipinski definition) is 3. The number of furan rings is 1. The molecule has 2 rings (SSSR count). The van der Waals surface area contributed by atoms with E-state index in [4.69, 9.17) is 33.4 Å². The maximum atomic E-state index is 11.9. The summed E-state index contributed by atoms with van der Waals surface area (Å²) in [5.74, 6) is -0.186. The number of nitrogens with one attached hydrogen (secondary N) is 1. The highest BCUT2D eigenvalue weighted by Crippen LogP contribution is 2.32. The van der Waals surface area contributed by atoms with E-state index in [1.165, 1.54) is 18.4 Å². The molecule has 1 heterocycles. The van der Waals surface area contributed by atoms with Crippen LogP contribution in [0.5, 0.6) is 0 Å². The third-order valence-electron chi connectivity index (χ3n) is 2.39. The molecule has 0 radical (unpaired) electrons. The van der Waals surface area contributed by atoms with Gasteiger partial charge in [0, 0.05) is 10.6 Å². The Labute approximate surface area is 114 Å². The fourth-order valence-electron chi connectivity index (χ4n) is 1.50. The molecular formula is C12H10Cl2N2O2. The zero-order valence-corrected chi connectivity index (χ0v) is 11.0. The Hall–Kier alpha value is -1.65. The van der Waals surface area contributed by atoms with Crippen molar-refractivity contribution in [3.8, 4) is 0 Å². The van der Waals surface area contributed by atoms with E-state index in [-0.39, 0.29) is 10.8 Å². The first kappa shape index (κ1) is 12.8. The number of carbonyl (C=O) groups is 1. The van der Waals surface area contributed by atoms with Crippen LogP contribution in [0.4, 0.5) is 11.4 Å². The van der Waals surface area contributed by atoms with E-state index in [0.29, 0.717) is 16.4 Å². The van der Waals surface area contributed by atoms with Gasteiger partial charge in [-0.2, -0.15) is 0 Å². The summed E-state index contributed by atoms with van der Waals surface area (Å²) in [6.07, 6.45) is 1.44. The van der Waals surface area contributed by atoms with Gasteiger partial charge >= 0.3 is 0 Å². The molecule has 0 saturated carbocycles. The van der Waals surface area contributed by atoms with Gasteiger partial charge in [-0.1, -0.05) is 23.2 Å². The standard InChI is InChI=1S/C12H10Cl2N2O2/c1-6-2-3-18-11(6)12(17)16-10-8(14)4-7(13)5-9(10)15/h2-5H,15H2,1H3,(H,16,17). The van der Waals surface area contributed by atoms with E-state index in [0.717, 1.165) is 5.56 Å². The van der Waals surface area contributed by atoms with Crippen LogP contribution in [0.1, 0.15) is 16.1 Å². The number of aryl methyl sites for hydroxylation is 1. The maximum absolute atomic E-state index is 11.9. The quantitative estimate of drug-likeness (QED) is 0.826. The lowest BCUT2D eigenvalue weighted by molar-refractivity contribution is 0.0996. The van der Waals surface area contributed by atoms with Crippen molar-refractivity contribution < 1.29 is 9.21 Å². The van der Waals surface area contributed by atoms with Crippen LogP contribution >= 0.6 is 23.2 Å². The van der Waals surface area contributed by atoms with Crippen molar-refractivity contribution in [2.45, 2.75) is 6.92 Å². The van der Waals surface area contributed by atoms with E-state index >= 15 is 0 Å². The summed E-state index contributed by atoms with van der Waals surface area (Å²) in [4.78, 5) is 11.9. The summed E-state index contributed by atoms with van der Waals surface area (Å²) in [6, 6.07) is 4.71. The number of carbonyl (C=O) groups excluding carboxylic acids is 1. The summed E-state index contributed by atoms with van der Waals surface area (Å²) in [6.45, 7) is 1.77. The second-order valence-corrected chi connectivity index (χ2v) is 4.58. The lowest BCUT2D eigenvalue weighted by Gasteiger charge is -2.10. The molecule has 1 aromatic heterocycles.